The Labute approximate surface area is 272 Å². The lowest BCUT2D eigenvalue weighted by atomic mass is 10.1. The van der Waals surface area contributed by atoms with Crippen LogP contribution in [0, 0.1) is 6.92 Å². The number of amides is 4. The lowest BCUT2D eigenvalue weighted by Crippen LogP contribution is -2.54. The predicted molar refractivity (Wildman–Crippen MR) is 172 cm³/mol. The lowest BCUT2D eigenvalue weighted by molar-refractivity contribution is -0.122. The first kappa shape index (κ1) is 31.1. The third kappa shape index (κ3) is 7.07. The van der Waals surface area contributed by atoms with Gasteiger partial charge in [-0.2, -0.15) is 0 Å². The minimum atomic E-state index is -0.853. The summed E-state index contributed by atoms with van der Waals surface area (Å²) in [7, 11) is 1.47. The summed E-state index contributed by atoms with van der Waals surface area (Å²) in [5.74, 6) is -0.304. The van der Waals surface area contributed by atoms with Gasteiger partial charge in [-0.25, -0.2) is 9.69 Å². The Morgan fingerprint density at radius 1 is 0.886 bits per heavy atom. The first-order valence-electron chi connectivity index (χ1n) is 13.3. The fourth-order valence-electron chi connectivity index (χ4n) is 4.35. The van der Waals surface area contributed by atoms with Crippen LogP contribution in [0.15, 0.2) is 88.9 Å². The molecular weight excluding hydrogens is 671 g/mol. The molecule has 11 heteroatoms. The normalized spacial score (nSPS) is 14.1. The van der Waals surface area contributed by atoms with E-state index < -0.39 is 17.8 Å². The predicted octanol–water partition coefficient (Wildman–Crippen LogP) is 7.90. The van der Waals surface area contributed by atoms with Crippen LogP contribution in [0.4, 0.5) is 10.5 Å². The molecule has 1 aliphatic heterocycles. The quantitative estimate of drug-likeness (QED) is 0.141. The smallest absolute Gasteiger partial charge is 0.335 e. The van der Waals surface area contributed by atoms with E-state index in [1.165, 1.54) is 13.2 Å². The number of urea groups is 1. The number of methoxy groups -OCH3 is 1. The molecule has 0 bridgehead atoms. The number of aryl methyl sites for hydroxylation is 1. The molecule has 224 valence electrons. The summed E-state index contributed by atoms with van der Waals surface area (Å²) in [6.07, 6.45) is 1.38. The van der Waals surface area contributed by atoms with E-state index in [-0.39, 0.29) is 17.9 Å². The Kier molecular flexibility index (Phi) is 9.58. The molecular formula is C33H25BrCl2N2O6. The SMILES string of the molecule is COc1cc(/C=C2\C(=O)NC(=O)N(c3ccc(OCc4ccc(C)cc4)cc3)C2=O)cc(Br)c1OCc1ccc(Cl)cc1Cl. The van der Waals surface area contributed by atoms with Crippen LogP contribution in [0.25, 0.3) is 6.08 Å². The second kappa shape index (κ2) is 13.5. The summed E-state index contributed by atoms with van der Waals surface area (Å²) in [6.45, 7) is 2.51. The summed E-state index contributed by atoms with van der Waals surface area (Å²) in [5, 5.41) is 3.20. The van der Waals surface area contributed by atoms with Crippen molar-refractivity contribution in [3.05, 3.63) is 121 Å². The summed E-state index contributed by atoms with van der Waals surface area (Å²) < 4.78 is 17.8. The highest BCUT2D eigenvalue weighted by Crippen LogP contribution is 2.38. The molecule has 1 saturated heterocycles. The third-order valence-electron chi connectivity index (χ3n) is 6.67. The van der Waals surface area contributed by atoms with Gasteiger partial charge in [-0.3, -0.25) is 14.9 Å². The molecule has 0 atom stereocenters. The number of hydrogen-bond acceptors (Lipinski definition) is 6. The molecule has 0 aliphatic carbocycles. The van der Waals surface area contributed by atoms with Crippen molar-refractivity contribution in [2.75, 3.05) is 12.0 Å². The van der Waals surface area contributed by atoms with E-state index in [0.29, 0.717) is 43.9 Å². The van der Waals surface area contributed by atoms with Gasteiger partial charge in [0.25, 0.3) is 11.8 Å². The number of hydrogen-bond donors (Lipinski definition) is 1. The minimum Gasteiger partial charge on any atom is -0.493 e. The molecule has 4 amide bonds. The maximum absolute atomic E-state index is 13.5. The number of rotatable bonds is 9. The number of nitrogens with zero attached hydrogens (tertiary/aromatic N) is 1. The van der Waals surface area contributed by atoms with Crippen molar-refractivity contribution >= 4 is 68.7 Å². The van der Waals surface area contributed by atoms with Gasteiger partial charge in [0, 0.05) is 15.6 Å². The summed E-state index contributed by atoms with van der Waals surface area (Å²) >= 11 is 15.7. The number of nitrogens with one attached hydrogen (secondary N) is 1. The first-order chi connectivity index (χ1) is 21.1. The van der Waals surface area contributed by atoms with Crippen LogP contribution in [-0.2, 0) is 22.8 Å². The highest BCUT2D eigenvalue weighted by Gasteiger charge is 2.37. The number of carbonyl (C=O) groups excluding carboxylic acids is 3. The molecule has 4 aromatic carbocycles. The molecule has 1 N–H and O–H groups in total. The molecule has 0 unspecified atom stereocenters. The first-order valence-corrected chi connectivity index (χ1v) is 14.8. The molecule has 44 heavy (non-hydrogen) atoms. The Hall–Kier alpha value is -4.31. The molecule has 1 fully saturated rings. The van der Waals surface area contributed by atoms with E-state index in [1.807, 2.05) is 31.2 Å². The number of halogens is 3. The standard InChI is InChI=1S/C33H25BrCl2N2O6/c1-19-3-5-20(6-4-19)17-43-25-11-9-24(10-12-25)38-32(40)26(31(39)37-33(38)41)13-21-14-27(34)30(29(15-21)42-2)44-18-22-7-8-23(35)16-28(22)36/h3-16H,17-18H2,1-2H3,(H,37,39,41)/b26-13+. The highest BCUT2D eigenvalue weighted by molar-refractivity contribution is 9.10. The minimum absolute atomic E-state index is 0.138. The molecule has 1 heterocycles. The molecule has 0 saturated carbocycles. The fourth-order valence-corrected chi connectivity index (χ4v) is 5.39. The van der Waals surface area contributed by atoms with Crippen molar-refractivity contribution in [2.24, 2.45) is 0 Å². The van der Waals surface area contributed by atoms with Crippen LogP contribution < -0.4 is 24.4 Å². The third-order valence-corrected chi connectivity index (χ3v) is 7.85. The van der Waals surface area contributed by atoms with Crippen LogP contribution in [0.5, 0.6) is 17.2 Å². The Balaban J connectivity index is 1.34. The van der Waals surface area contributed by atoms with Crippen molar-refractivity contribution in [3.63, 3.8) is 0 Å². The van der Waals surface area contributed by atoms with E-state index in [1.54, 1.807) is 54.6 Å². The zero-order valence-electron chi connectivity index (χ0n) is 23.5. The number of imide groups is 2. The summed E-state index contributed by atoms with van der Waals surface area (Å²) in [6, 6.07) is 22.0. The maximum Gasteiger partial charge on any atom is 0.335 e. The Bertz CT molecular complexity index is 1770. The van der Waals surface area contributed by atoms with E-state index >= 15 is 0 Å². The second-order valence-corrected chi connectivity index (χ2v) is 11.5. The summed E-state index contributed by atoms with van der Waals surface area (Å²) in [4.78, 5) is 39.8. The molecule has 8 nitrogen and oxygen atoms in total. The summed E-state index contributed by atoms with van der Waals surface area (Å²) in [5.41, 5.74) is 3.38. The van der Waals surface area contributed by atoms with Gasteiger partial charge in [-0.15, -0.1) is 0 Å². The number of carbonyl (C=O) groups is 3. The van der Waals surface area contributed by atoms with E-state index in [4.69, 9.17) is 37.4 Å². The highest BCUT2D eigenvalue weighted by atomic mass is 79.9. The molecule has 4 aromatic rings. The van der Waals surface area contributed by atoms with Gasteiger partial charge in [-0.05, 0) is 88.6 Å². The van der Waals surface area contributed by atoms with Gasteiger partial charge in [0.1, 0.15) is 24.5 Å². The zero-order valence-corrected chi connectivity index (χ0v) is 26.6. The number of anilines is 1. The lowest BCUT2D eigenvalue weighted by Gasteiger charge is -2.26. The Morgan fingerprint density at radius 3 is 2.30 bits per heavy atom. The van der Waals surface area contributed by atoms with Gasteiger partial charge in [0.15, 0.2) is 11.5 Å². The topological polar surface area (TPSA) is 94.2 Å². The van der Waals surface area contributed by atoms with E-state index in [9.17, 15) is 14.4 Å². The van der Waals surface area contributed by atoms with Gasteiger partial charge in [0.2, 0.25) is 0 Å². The monoisotopic (exact) mass is 694 g/mol. The average Bonchev–Trinajstić information content (AvgIpc) is 2.99. The maximum atomic E-state index is 13.5. The zero-order chi connectivity index (χ0) is 31.4. The van der Waals surface area contributed by atoms with Crippen molar-refractivity contribution in [1.29, 1.82) is 0 Å². The number of barbiturate groups is 1. The molecule has 0 radical (unpaired) electrons. The molecule has 0 aromatic heterocycles. The molecule has 0 spiro atoms. The van der Waals surface area contributed by atoms with Crippen molar-refractivity contribution < 1.29 is 28.6 Å². The van der Waals surface area contributed by atoms with Crippen LogP contribution in [0.1, 0.15) is 22.3 Å². The fraction of sp³-hybridized carbons (Fsp3) is 0.121. The van der Waals surface area contributed by atoms with Gasteiger partial charge in [0.05, 0.1) is 17.3 Å². The van der Waals surface area contributed by atoms with Gasteiger partial charge in [-0.1, -0.05) is 59.1 Å². The largest absolute Gasteiger partial charge is 0.493 e. The molecule has 1 aliphatic rings. The van der Waals surface area contributed by atoms with Crippen LogP contribution in [0.2, 0.25) is 10.0 Å². The van der Waals surface area contributed by atoms with Crippen LogP contribution in [-0.4, -0.2) is 25.0 Å². The van der Waals surface area contributed by atoms with E-state index in [0.717, 1.165) is 21.6 Å². The van der Waals surface area contributed by atoms with Crippen LogP contribution >= 0.6 is 39.1 Å². The Morgan fingerprint density at radius 2 is 1.61 bits per heavy atom. The van der Waals surface area contributed by atoms with Crippen molar-refractivity contribution in [1.82, 2.24) is 5.32 Å². The average molecular weight is 696 g/mol. The number of benzene rings is 4. The van der Waals surface area contributed by atoms with E-state index in [2.05, 4.69) is 21.2 Å². The van der Waals surface area contributed by atoms with Gasteiger partial charge < -0.3 is 14.2 Å². The second-order valence-electron chi connectivity index (χ2n) is 9.78. The van der Waals surface area contributed by atoms with Crippen LogP contribution in [0.3, 0.4) is 0 Å². The van der Waals surface area contributed by atoms with Gasteiger partial charge >= 0.3 is 6.03 Å². The number of ether oxygens (including phenoxy) is 3. The molecule has 5 rings (SSSR count). The van der Waals surface area contributed by atoms with Crippen molar-refractivity contribution in [2.45, 2.75) is 20.1 Å². The van der Waals surface area contributed by atoms with Crippen molar-refractivity contribution in [3.8, 4) is 17.2 Å².